The largest absolute Gasteiger partial charge is 0.323 e. The third kappa shape index (κ3) is 3.34. The number of hydrogen-bond donors (Lipinski definition) is 1. The van der Waals surface area contributed by atoms with Crippen molar-refractivity contribution in [2.24, 2.45) is 7.05 Å². The summed E-state index contributed by atoms with van der Waals surface area (Å²) in [6, 6.07) is 27.9. The number of anilines is 1. The SMILES string of the molecule is Cc1c(NP(=O)(c2ccccc2)c2ccccc2)c(=O)n(-c2ccccc2)n1C. The Morgan fingerprint density at radius 1 is 0.759 bits per heavy atom. The molecule has 3 aromatic carbocycles. The highest BCUT2D eigenvalue weighted by Crippen LogP contribution is 2.43. The van der Waals surface area contributed by atoms with Crippen molar-refractivity contribution in [2.75, 3.05) is 5.09 Å². The van der Waals surface area contributed by atoms with E-state index in [2.05, 4.69) is 5.09 Å². The van der Waals surface area contributed by atoms with Crippen LogP contribution in [0.1, 0.15) is 5.69 Å². The highest BCUT2D eigenvalue weighted by molar-refractivity contribution is 7.80. The number of nitrogens with one attached hydrogen (secondary N) is 1. The molecular weight excluding hydrogens is 381 g/mol. The van der Waals surface area contributed by atoms with Gasteiger partial charge in [-0.3, -0.25) is 14.0 Å². The molecule has 0 radical (unpaired) electrons. The van der Waals surface area contributed by atoms with Crippen LogP contribution in [0.15, 0.2) is 95.8 Å². The van der Waals surface area contributed by atoms with Crippen molar-refractivity contribution in [2.45, 2.75) is 6.92 Å². The Morgan fingerprint density at radius 2 is 1.21 bits per heavy atom. The van der Waals surface area contributed by atoms with E-state index in [1.165, 1.54) is 0 Å². The predicted octanol–water partition coefficient (Wildman–Crippen LogP) is 3.83. The molecule has 4 rings (SSSR count). The van der Waals surface area contributed by atoms with Gasteiger partial charge in [0.15, 0.2) is 0 Å². The highest BCUT2D eigenvalue weighted by atomic mass is 31.2. The first-order valence-corrected chi connectivity index (χ1v) is 11.1. The van der Waals surface area contributed by atoms with Gasteiger partial charge < -0.3 is 5.09 Å². The zero-order valence-electron chi connectivity index (χ0n) is 16.3. The lowest BCUT2D eigenvalue weighted by atomic mass is 10.3. The van der Waals surface area contributed by atoms with Gasteiger partial charge in [0.1, 0.15) is 5.69 Å². The molecule has 0 fully saturated rings. The second-order valence-corrected chi connectivity index (χ2v) is 9.30. The Labute approximate surface area is 169 Å². The molecule has 0 aliphatic carbocycles. The number of benzene rings is 3. The topological polar surface area (TPSA) is 56.0 Å². The summed E-state index contributed by atoms with van der Waals surface area (Å²) in [7, 11) is -1.45. The maximum absolute atomic E-state index is 14.3. The average Bonchev–Trinajstić information content (AvgIpc) is 2.98. The van der Waals surface area contributed by atoms with Gasteiger partial charge in [-0.15, -0.1) is 0 Å². The van der Waals surface area contributed by atoms with Gasteiger partial charge in [0, 0.05) is 17.7 Å². The summed E-state index contributed by atoms with van der Waals surface area (Å²) < 4.78 is 17.6. The highest BCUT2D eigenvalue weighted by Gasteiger charge is 2.30. The van der Waals surface area contributed by atoms with E-state index in [-0.39, 0.29) is 5.56 Å². The molecule has 0 spiro atoms. The fraction of sp³-hybridized carbons (Fsp3) is 0.0870. The van der Waals surface area contributed by atoms with Crippen LogP contribution in [0.5, 0.6) is 0 Å². The normalized spacial score (nSPS) is 11.4. The van der Waals surface area contributed by atoms with Gasteiger partial charge in [0.25, 0.3) is 5.56 Å². The lowest BCUT2D eigenvalue weighted by molar-refractivity contribution is 0.590. The van der Waals surface area contributed by atoms with Crippen LogP contribution in [-0.4, -0.2) is 9.36 Å². The monoisotopic (exact) mass is 403 g/mol. The molecule has 146 valence electrons. The first-order valence-electron chi connectivity index (χ1n) is 9.36. The van der Waals surface area contributed by atoms with Crippen LogP contribution in [0.4, 0.5) is 5.69 Å². The van der Waals surface area contributed by atoms with Crippen molar-refractivity contribution in [3.63, 3.8) is 0 Å². The quantitative estimate of drug-likeness (QED) is 0.516. The van der Waals surface area contributed by atoms with Crippen LogP contribution >= 0.6 is 7.29 Å². The van der Waals surface area contributed by atoms with E-state index >= 15 is 0 Å². The molecule has 29 heavy (non-hydrogen) atoms. The third-order valence-electron chi connectivity index (χ3n) is 5.06. The molecule has 6 heteroatoms. The summed E-state index contributed by atoms with van der Waals surface area (Å²) in [5.74, 6) is 0. The fourth-order valence-electron chi connectivity index (χ4n) is 3.41. The lowest BCUT2D eigenvalue weighted by Crippen LogP contribution is -2.25. The molecule has 0 atom stereocenters. The molecule has 1 heterocycles. The summed E-state index contributed by atoms with van der Waals surface area (Å²) in [6.07, 6.45) is 0. The van der Waals surface area contributed by atoms with Crippen molar-refractivity contribution in [3.8, 4) is 5.69 Å². The number of aromatic nitrogens is 2. The van der Waals surface area contributed by atoms with Gasteiger partial charge >= 0.3 is 0 Å². The molecule has 0 aliphatic rings. The van der Waals surface area contributed by atoms with Gasteiger partial charge in [-0.1, -0.05) is 54.6 Å². The zero-order valence-corrected chi connectivity index (χ0v) is 17.2. The molecule has 0 aliphatic heterocycles. The number of para-hydroxylation sites is 1. The molecule has 0 saturated heterocycles. The maximum Gasteiger partial charge on any atom is 0.295 e. The summed E-state index contributed by atoms with van der Waals surface area (Å²) in [4.78, 5) is 13.3. The number of nitrogens with zero attached hydrogens (tertiary/aromatic N) is 2. The molecule has 0 saturated carbocycles. The van der Waals surface area contributed by atoms with Crippen molar-refractivity contribution < 1.29 is 4.57 Å². The van der Waals surface area contributed by atoms with E-state index in [1.54, 1.807) is 9.36 Å². The summed E-state index contributed by atoms with van der Waals surface area (Å²) in [6.45, 7) is 1.85. The molecule has 4 aromatic rings. The van der Waals surface area contributed by atoms with Crippen molar-refractivity contribution in [3.05, 3.63) is 107 Å². The second-order valence-electron chi connectivity index (χ2n) is 6.83. The summed E-state index contributed by atoms with van der Waals surface area (Å²) in [5.41, 5.74) is 1.58. The van der Waals surface area contributed by atoms with Gasteiger partial charge in [-0.2, -0.15) is 0 Å². The Bertz CT molecular complexity index is 1190. The van der Waals surface area contributed by atoms with Crippen LogP contribution in [0, 0.1) is 6.92 Å². The summed E-state index contributed by atoms with van der Waals surface area (Å²) in [5, 5.41) is 4.46. The number of rotatable bonds is 5. The van der Waals surface area contributed by atoms with Crippen molar-refractivity contribution in [1.82, 2.24) is 9.36 Å². The van der Waals surface area contributed by atoms with Crippen molar-refractivity contribution in [1.29, 1.82) is 0 Å². The molecule has 0 bridgehead atoms. The van der Waals surface area contributed by atoms with E-state index in [4.69, 9.17) is 0 Å². The summed E-state index contributed by atoms with van der Waals surface area (Å²) >= 11 is 0. The van der Waals surface area contributed by atoms with E-state index in [0.29, 0.717) is 22.0 Å². The van der Waals surface area contributed by atoms with Crippen LogP contribution in [0.2, 0.25) is 0 Å². The van der Waals surface area contributed by atoms with Crippen LogP contribution in [-0.2, 0) is 11.6 Å². The van der Waals surface area contributed by atoms with Gasteiger partial charge in [0.05, 0.1) is 11.4 Å². The van der Waals surface area contributed by atoms with Crippen molar-refractivity contribution >= 4 is 23.6 Å². The molecule has 0 unspecified atom stereocenters. The smallest absolute Gasteiger partial charge is 0.295 e. The van der Waals surface area contributed by atoms with Crippen LogP contribution in [0.25, 0.3) is 5.69 Å². The van der Waals surface area contributed by atoms with E-state index in [1.807, 2.05) is 105 Å². The third-order valence-corrected chi connectivity index (χ3v) is 7.65. The second kappa shape index (κ2) is 7.61. The predicted molar refractivity (Wildman–Crippen MR) is 119 cm³/mol. The van der Waals surface area contributed by atoms with Gasteiger partial charge in [-0.05, 0) is 43.3 Å². The van der Waals surface area contributed by atoms with E-state index in [0.717, 1.165) is 5.69 Å². The Hall–Kier alpha value is -3.30. The number of hydrogen-bond acceptors (Lipinski definition) is 2. The minimum atomic E-state index is -3.27. The van der Waals surface area contributed by atoms with E-state index < -0.39 is 7.29 Å². The maximum atomic E-state index is 14.3. The standard InChI is InChI=1S/C23H22N3O2P/c1-18-22(23(27)26(25(18)2)19-12-6-3-7-13-19)24-29(28,20-14-8-4-9-15-20)21-16-10-5-11-17-21/h3-17H,1-2H3,(H,24,28). The van der Waals surface area contributed by atoms with Gasteiger partial charge in [0.2, 0.25) is 7.29 Å². The fourth-order valence-corrected chi connectivity index (χ4v) is 5.72. The Balaban J connectivity index is 1.89. The average molecular weight is 403 g/mol. The van der Waals surface area contributed by atoms with Crippen LogP contribution in [0.3, 0.4) is 0 Å². The Morgan fingerprint density at radius 3 is 1.69 bits per heavy atom. The molecule has 5 nitrogen and oxygen atoms in total. The minimum absolute atomic E-state index is 0.233. The van der Waals surface area contributed by atoms with E-state index in [9.17, 15) is 9.36 Å². The first-order chi connectivity index (χ1) is 14.0. The lowest BCUT2D eigenvalue weighted by Gasteiger charge is -2.21. The van der Waals surface area contributed by atoms with Crippen LogP contribution < -0.4 is 21.3 Å². The first kappa shape index (κ1) is 19.0. The molecule has 1 aromatic heterocycles. The minimum Gasteiger partial charge on any atom is -0.323 e. The Kier molecular flexibility index (Phi) is 4.99. The molecule has 1 N–H and O–H groups in total. The zero-order chi connectivity index (χ0) is 20.4. The van der Waals surface area contributed by atoms with Gasteiger partial charge in [-0.25, -0.2) is 4.68 Å². The molecule has 0 amide bonds. The molecular formula is C23H22N3O2P.